The molecule has 0 aliphatic rings. The van der Waals surface area contributed by atoms with E-state index in [1.807, 2.05) is 18.2 Å². The van der Waals surface area contributed by atoms with Gasteiger partial charge in [0.1, 0.15) is 16.9 Å². The van der Waals surface area contributed by atoms with Gasteiger partial charge in [0.25, 0.3) is 5.95 Å². The molecule has 0 spiro atoms. The number of hydrogen-bond donors (Lipinski definition) is 0. The molecule has 0 fully saturated rings. The molecule has 0 bridgehead atoms. The van der Waals surface area contributed by atoms with Crippen molar-refractivity contribution in [1.82, 2.24) is 29.5 Å². The quantitative estimate of drug-likeness (QED) is 0.368. The van der Waals surface area contributed by atoms with Crippen LogP contribution in [0.25, 0.3) is 27.8 Å². The van der Waals surface area contributed by atoms with E-state index >= 15 is 4.39 Å². The summed E-state index contributed by atoms with van der Waals surface area (Å²) in [6, 6.07) is 10.9. The van der Waals surface area contributed by atoms with Gasteiger partial charge in [-0.15, -0.1) is 0 Å². The Labute approximate surface area is 187 Å². The molecule has 0 amide bonds. The van der Waals surface area contributed by atoms with E-state index < -0.39 is 5.97 Å². The zero-order valence-electron chi connectivity index (χ0n) is 17.9. The van der Waals surface area contributed by atoms with Crippen LogP contribution in [0, 0.1) is 5.82 Å². The number of methoxy groups -OCH3 is 1. The van der Waals surface area contributed by atoms with E-state index in [0.717, 1.165) is 5.39 Å². The third kappa shape index (κ3) is 3.65. The fraction of sp³-hybridized carbons (Fsp3) is 0.174. The van der Waals surface area contributed by atoms with Gasteiger partial charge >= 0.3 is 5.97 Å². The molecule has 0 saturated heterocycles. The summed E-state index contributed by atoms with van der Waals surface area (Å²) in [7, 11) is 1.48. The minimum Gasteiger partial charge on any atom is -0.479 e. The third-order valence-electron chi connectivity index (χ3n) is 5.20. The van der Waals surface area contributed by atoms with E-state index in [1.54, 1.807) is 36.0 Å². The molecule has 10 heteroatoms. The van der Waals surface area contributed by atoms with Gasteiger partial charge in [0.15, 0.2) is 0 Å². The Morgan fingerprint density at radius 1 is 1.09 bits per heavy atom. The summed E-state index contributed by atoms with van der Waals surface area (Å²) in [5, 5.41) is 9.90. The van der Waals surface area contributed by atoms with Crippen molar-refractivity contribution in [2.24, 2.45) is 0 Å². The number of carbonyl (C=O) groups is 1. The van der Waals surface area contributed by atoms with Crippen LogP contribution in [0.15, 0.2) is 55.0 Å². The predicted octanol–water partition coefficient (Wildman–Crippen LogP) is 3.54. The summed E-state index contributed by atoms with van der Waals surface area (Å²) < 4.78 is 28.5. The minimum atomic E-state index is -0.484. The number of aromatic nitrogens is 6. The van der Waals surface area contributed by atoms with Gasteiger partial charge in [0, 0.05) is 17.1 Å². The number of rotatable bonds is 6. The van der Waals surface area contributed by atoms with Crippen molar-refractivity contribution in [3.63, 3.8) is 0 Å². The first-order valence-electron chi connectivity index (χ1n) is 10.2. The molecule has 0 saturated carbocycles. The van der Waals surface area contributed by atoms with Crippen molar-refractivity contribution in [3.05, 3.63) is 71.9 Å². The molecule has 0 unspecified atom stereocenters. The van der Waals surface area contributed by atoms with Crippen LogP contribution in [0.2, 0.25) is 0 Å². The first-order valence-corrected chi connectivity index (χ1v) is 10.2. The first kappa shape index (κ1) is 20.6. The Hall–Kier alpha value is -4.34. The van der Waals surface area contributed by atoms with Crippen molar-refractivity contribution < 1.29 is 18.7 Å². The Morgan fingerprint density at radius 2 is 1.94 bits per heavy atom. The first-order chi connectivity index (χ1) is 16.1. The lowest BCUT2D eigenvalue weighted by atomic mass is 10.1. The van der Waals surface area contributed by atoms with Crippen LogP contribution in [-0.2, 0) is 11.3 Å². The Bertz CT molecular complexity index is 1490. The third-order valence-corrected chi connectivity index (χ3v) is 5.20. The van der Waals surface area contributed by atoms with Crippen molar-refractivity contribution in [3.8, 4) is 11.8 Å². The van der Waals surface area contributed by atoms with E-state index in [0.29, 0.717) is 22.0 Å². The van der Waals surface area contributed by atoms with Crippen LogP contribution in [0.5, 0.6) is 5.88 Å². The summed E-state index contributed by atoms with van der Waals surface area (Å²) in [5.41, 5.74) is 1.77. The number of hydrogen-bond acceptors (Lipinski definition) is 7. The lowest BCUT2D eigenvalue weighted by Gasteiger charge is -2.10. The van der Waals surface area contributed by atoms with Crippen LogP contribution in [0.1, 0.15) is 22.8 Å². The molecule has 0 radical (unpaired) electrons. The van der Waals surface area contributed by atoms with E-state index in [2.05, 4.69) is 20.2 Å². The summed E-state index contributed by atoms with van der Waals surface area (Å²) in [5.74, 6) is -0.327. The Kier molecular flexibility index (Phi) is 5.17. The summed E-state index contributed by atoms with van der Waals surface area (Å²) in [6.07, 6.45) is 4.41. The van der Waals surface area contributed by atoms with E-state index in [-0.39, 0.29) is 36.4 Å². The summed E-state index contributed by atoms with van der Waals surface area (Å²) in [6.45, 7) is 2.16. The Balaban J connectivity index is 1.53. The van der Waals surface area contributed by atoms with Crippen LogP contribution in [0.4, 0.5) is 4.39 Å². The normalized spacial score (nSPS) is 11.2. The lowest BCUT2D eigenvalue weighted by molar-refractivity contribution is 0.0526. The second-order valence-electron chi connectivity index (χ2n) is 7.22. The average molecular weight is 446 g/mol. The molecule has 0 N–H and O–H groups in total. The molecular weight excluding hydrogens is 427 g/mol. The van der Waals surface area contributed by atoms with Crippen LogP contribution in [-0.4, -0.2) is 49.2 Å². The molecule has 166 valence electrons. The van der Waals surface area contributed by atoms with Crippen molar-refractivity contribution in [1.29, 1.82) is 0 Å². The topological polar surface area (TPSA) is 97.0 Å². The van der Waals surface area contributed by atoms with Gasteiger partial charge in [-0.25, -0.2) is 18.9 Å². The van der Waals surface area contributed by atoms with Gasteiger partial charge < -0.3 is 9.47 Å². The molecular formula is C23H19FN6O3. The van der Waals surface area contributed by atoms with E-state index in [1.165, 1.54) is 24.2 Å². The zero-order valence-corrected chi connectivity index (χ0v) is 17.9. The molecule has 0 aliphatic carbocycles. The molecule has 9 nitrogen and oxygen atoms in total. The maximum absolute atomic E-state index is 15.1. The summed E-state index contributed by atoms with van der Waals surface area (Å²) in [4.78, 5) is 20.8. The zero-order chi connectivity index (χ0) is 22.9. The highest BCUT2D eigenvalue weighted by Gasteiger charge is 2.18. The molecule has 0 atom stereocenters. The number of esters is 1. The van der Waals surface area contributed by atoms with Crippen molar-refractivity contribution in [2.75, 3.05) is 13.7 Å². The van der Waals surface area contributed by atoms with Crippen molar-refractivity contribution in [2.45, 2.75) is 13.5 Å². The average Bonchev–Trinajstić information content (AvgIpc) is 3.48. The van der Waals surface area contributed by atoms with Crippen LogP contribution >= 0.6 is 0 Å². The number of fused-ring (bicyclic) bond motifs is 2. The van der Waals surface area contributed by atoms with Gasteiger partial charge in [-0.05, 0) is 12.3 Å². The molecule has 0 aliphatic heterocycles. The molecule has 33 heavy (non-hydrogen) atoms. The molecule has 2 aromatic carbocycles. The number of halogens is 1. The molecule has 5 rings (SSSR count). The van der Waals surface area contributed by atoms with Gasteiger partial charge in [-0.2, -0.15) is 15.2 Å². The fourth-order valence-corrected chi connectivity index (χ4v) is 3.63. The SMILES string of the molecule is CCOC(=O)c1cnn(-c2nc(OC)c3c(cnn3Cc3ccc4ccccc4c3F)n2)c1. The van der Waals surface area contributed by atoms with Gasteiger partial charge in [-0.3, -0.25) is 4.68 Å². The Morgan fingerprint density at radius 3 is 2.76 bits per heavy atom. The van der Waals surface area contributed by atoms with Crippen molar-refractivity contribution >= 4 is 27.8 Å². The second-order valence-corrected chi connectivity index (χ2v) is 7.22. The highest BCUT2D eigenvalue weighted by Crippen LogP contribution is 2.26. The largest absolute Gasteiger partial charge is 0.479 e. The van der Waals surface area contributed by atoms with E-state index in [4.69, 9.17) is 9.47 Å². The highest BCUT2D eigenvalue weighted by molar-refractivity contribution is 5.89. The number of ether oxygens (including phenoxy) is 2. The maximum atomic E-state index is 15.1. The lowest BCUT2D eigenvalue weighted by Crippen LogP contribution is -2.08. The second kappa shape index (κ2) is 8.30. The molecule has 5 aromatic rings. The van der Waals surface area contributed by atoms with E-state index in [9.17, 15) is 4.79 Å². The fourth-order valence-electron chi connectivity index (χ4n) is 3.63. The molecule has 3 heterocycles. The standard InChI is InChI=1S/C23H19FN6O3/c1-3-33-22(31)16-10-25-30(13-16)23-27-18-11-26-29(20(18)21(28-23)32-2)12-15-9-8-14-6-4-5-7-17(14)19(15)24/h4-11,13H,3,12H2,1-2H3. The summed E-state index contributed by atoms with van der Waals surface area (Å²) >= 11 is 0. The number of benzene rings is 2. The molecule has 3 aromatic heterocycles. The van der Waals surface area contributed by atoms with Crippen LogP contribution < -0.4 is 4.74 Å². The van der Waals surface area contributed by atoms with Crippen LogP contribution in [0.3, 0.4) is 0 Å². The monoisotopic (exact) mass is 446 g/mol. The highest BCUT2D eigenvalue weighted by atomic mass is 19.1. The number of nitrogens with zero attached hydrogens (tertiary/aromatic N) is 6. The van der Waals surface area contributed by atoms with Gasteiger partial charge in [0.05, 0.1) is 38.2 Å². The van der Waals surface area contributed by atoms with Gasteiger partial charge in [-0.1, -0.05) is 36.4 Å². The maximum Gasteiger partial charge on any atom is 0.341 e. The van der Waals surface area contributed by atoms with Gasteiger partial charge in [0.2, 0.25) is 5.88 Å². The minimum absolute atomic E-state index is 0.175. The number of carbonyl (C=O) groups excluding carboxylic acids is 1. The smallest absolute Gasteiger partial charge is 0.341 e. The predicted molar refractivity (Wildman–Crippen MR) is 118 cm³/mol.